The molecule has 0 amide bonds. The summed E-state index contributed by atoms with van der Waals surface area (Å²) in [6.45, 7) is 3.22. The SMILES string of the molecule is CC(=O)C1=C2c3[nH]c(-c4ccccc4)c(C(C)=O)c3-c3ccccc3C2(c2ccccc2)N=C1c1ccccc1. The van der Waals surface area contributed by atoms with Crippen LogP contribution in [0.1, 0.15) is 46.6 Å². The number of carbonyl (C=O) groups is 2. The molecule has 2 heterocycles. The van der Waals surface area contributed by atoms with Gasteiger partial charge in [-0.25, -0.2) is 0 Å². The zero-order valence-corrected chi connectivity index (χ0v) is 22.2. The minimum Gasteiger partial charge on any atom is -0.354 e. The average Bonchev–Trinajstić information content (AvgIpc) is 3.57. The third-order valence-electron chi connectivity index (χ3n) is 7.97. The molecule has 40 heavy (non-hydrogen) atoms. The third-order valence-corrected chi connectivity index (χ3v) is 7.97. The van der Waals surface area contributed by atoms with E-state index >= 15 is 0 Å². The molecule has 0 saturated heterocycles. The van der Waals surface area contributed by atoms with Crippen molar-refractivity contribution >= 4 is 22.9 Å². The van der Waals surface area contributed by atoms with Crippen molar-refractivity contribution in [3.05, 3.63) is 149 Å². The Morgan fingerprint density at radius 3 is 1.85 bits per heavy atom. The topological polar surface area (TPSA) is 62.3 Å². The van der Waals surface area contributed by atoms with Crippen molar-refractivity contribution in [1.82, 2.24) is 4.98 Å². The molecule has 1 N–H and O–H groups in total. The summed E-state index contributed by atoms with van der Waals surface area (Å²) in [5.74, 6) is -0.105. The molecule has 1 aliphatic heterocycles. The fraction of sp³-hybridized carbons (Fsp3) is 0.0833. The van der Waals surface area contributed by atoms with Crippen LogP contribution in [0, 0.1) is 0 Å². The van der Waals surface area contributed by atoms with E-state index in [0.29, 0.717) is 16.8 Å². The highest BCUT2D eigenvalue weighted by atomic mass is 16.1. The second-order valence-corrected chi connectivity index (χ2v) is 10.3. The van der Waals surface area contributed by atoms with Gasteiger partial charge in [0.25, 0.3) is 0 Å². The summed E-state index contributed by atoms with van der Waals surface area (Å²) >= 11 is 0. The lowest BCUT2D eigenvalue weighted by Crippen LogP contribution is -2.30. The standard InChI is InChI=1S/C36H26N2O2/c1-22(39)29-31-27-20-12-13-21-28(27)36(26-18-10-5-11-19-26)32(35(31)37-33(29)24-14-6-3-7-15-24)30(23(2)40)34(38-36)25-16-8-4-9-17-25/h3-21,37H,1-2H3. The number of nitrogens with one attached hydrogen (secondary N) is 1. The van der Waals surface area contributed by atoms with Crippen molar-refractivity contribution in [2.45, 2.75) is 19.4 Å². The maximum absolute atomic E-state index is 13.7. The van der Waals surface area contributed by atoms with Crippen LogP contribution >= 0.6 is 0 Å². The molecule has 4 nitrogen and oxygen atoms in total. The summed E-state index contributed by atoms with van der Waals surface area (Å²) in [4.78, 5) is 36.2. The summed E-state index contributed by atoms with van der Waals surface area (Å²) in [6.07, 6.45) is 0. The van der Waals surface area contributed by atoms with Crippen LogP contribution in [0.3, 0.4) is 0 Å². The molecule has 4 heteroatoms. The number of fused-ring (bicyclic) bond motifs is 6. The van der Waals surface area contributed by atoms with E-state index in [9.17, 15) is 9.59 Å². The number of aromatic amines is 1. The second kappa shape index (κ2) is 8.99. The van der Waals surface area contributed by atoms with Gasteiger partial charge < -0.3 is 4.98 Å². The Morgan fingerprint density at radius 2 is 1.23 bits per heavy atom. The maximum atomic E-state index is 13.7. The first kappa shape index (κ1) is 24.0. The molecular weight excluding hydrogens is 492 g/mol. The number of hydrogen-bond donors (Lipinski definition) is 1. The van der Waals surface area contributed by atoms with Gasteiger partial charge in [-0.05, 0) is 36.1 Å². The van der Waals surface area contributed by atoms with E-state index in [-0.39, 0.29) is 11.6 Å². The van der Waals surface area contributed by atoms with Gasteiger partial charge in [0.05, 0.1) is 28.2 Å². The van der Waals surface area contributed by atoms with Crippen molar-refractivity contribution in [3.8, 4) is 22.4 Å². The average molecular weight is 519 g/mol. The molecule has 5 aromatic rings. The van der Waals surface area contributed by atoms with Gasteiger partial charge in [-0.3, -0.25) is 14.6 Å². The molecule has 1 atom stereocenters. The molecule has 0 bridgehead atoms. The van der Waals surface area contributed by atoms with Gasteiger partial charge in [0.1, 0.15) is 5.54 Å². The smallest absolute Gasteiger partial charge is 0.162 e. The number of carbonyl (C=O) groups excluding carboxylic acids is 2. The monoisotopic (exact) mass is 518 g/mol. The summed E-state index contributed by atoms with van der Waals surface area (Å²) in [7, 11) is 0. The number of Topliss-reactive ketones (excluding diaryl/α,β-unsaturated/α-hetero) is 2. The van der Waals surface area contributed by atoms with Crippen molar-refractivity contribution in [2.75, 3.05) is 0 Å². The van der Waals surface area contributed by atoms with Gasteiger partial charge in [-0.1, -0.05) is 115 Å². The van der Waals surface area contributed by atoms with Gasteiger partial charge in [0, 0.05) is 16.7 Å². The first-order valence-electron chi connectivity index (χ1n) is 13.4. The Labute approximate surface area is 232 Å². The molecule has 0 spiro atoms. The van der Waals surface area contributed by atoms with E-state index in [1.807, 2.05) is 91.0 Å². The van der Waals surface area contributed by atoms with Crippen molar-refractivity contribution in [1.29, 1.82) is 0 Å². The molecule has 0 fully saturated rings. The largest absolute Gasteiger partial charge is 0.354 e. The Bertz CT molecular complexity index is 1880. The van der Waals surface area contributed by atoms with Crippen LogP contribution < -0.4 is 0 Å². The normalized spacial score (nSPS) is 17.1. The number of aromatic nitrogens is 1. The molecule has 7 rings (SSSR count). The summed E-state index contributed by atoms with van der Waals surface area (Å²) in [5.41, 5.74) is 8.68. The van der Waals surface area contributed by atoms with Crippen LogP contribution in [0.25, 0.3) is 28.0 Å². The number of nitrogens with zero attached hydrogens (tertiary/aromatic N) is 1. The van der Waals surface area contributed by atoms with Crippen molar-refractivity contribution in [3.63, 3.8) is 0 Å². The Hall–Kier alpha value is -5.09. The van der Waals surface area contributed by atoms with E-state index < -0.39 is 5.54 Å². The van der Waals surface area contributed by atoms with Gasteiger partial charge in [-0.2, -0.15) is 0 Å². The van der Waals surface area contributed by atoms with E-state index in [1.54, 1.807) is 13.8 Å². The zero-order valence-electron chi connectivity index (χ0n) is 22.2. The lowest BCUT2D eigenvalue weighted by molar-refractivity contribution is -0.113. The van der Waals surface area contributed by atoms with Crippen LogP contribution in [0.5, 0.6) is 0 Å². The van der Waals surface area contributed by atoms with Gasteiger partial charge in [-0.15, -0.1) is 0 Å². The highest BCUT2D eigenvalue weighted by molar-refractivity contribution is 6.36. The summed E-state index contributed by atoms with van der Waals surface area (Å²) in [5, 5.41) is 0. The Balaban J connectivity index is 1.70. The highest BCUT2D eigenvalue weighted by Crippen LogP contribution is 2.60. The summed E-state index contributed by atoms with van der Waals surface area (Å²) < 4.78 is 0. The number of ketones is 2. The Morgan fingerprint density at radius 1 is 0.650 bits per heavy atom. The molecule has 4 aromatic carbocycles. The van der Waals surface area contributed by atoms with Gasteiger partial charge in [0.2, 0.25) is 0 Å². The summed E-state index contributed by atoms with van der Waals surface area (Å²) in [6, 6.07) is 38.1. The lowest BCUT2D eigenvalue weighted by atomic mass is 9.68. The van der Waals surface area contributed by atoms with Gasteiger partial charge >= 0.3 is 0 Å². The fourth-order valence-corrected chi connectivity index (χ4v) is 6.42. The van der Waals surface area contributed by atoms with Crippen molar-refractivity contribution in [2.24, 2.45) is 4.99 Å². The molecule has 0 saturated carbocycles. The van der Waals surface area contributed by atoms with Crippen LogP contribution in [-0.4, -0.2) is 22.3 Å². The first-order chi connectivity index (χ1) is 19.5. The van der Waals surface area contributed by atoms with Crippen LogP contribution in [0.4, 0.5) is 0 Å². The van der Waals surface area contributed by atoms with Crippen LogP contribution in [-0.2, 0) is 10.3 Å². The quantitative estimate of drug-likeness (QED) is 0.243. The molecule has 1 aromatic heterocycles. The molecule has 1 aliphatic carbocycles. The van der Waals surface area contributed by atoms with E-state index in [4.69, 9.17) is 4.99 Å². The number of aliphatic imine (C=N–C) groups is 1. The lowest BCUT2D eigenvalue weighted by Gasteiger charge is -2.37. The number of allylic oxidation sites excluding steroid dienone is 1. The molecular formula is C36H26N2O2. The fourth-order valence-electron chi connectivity index (χ4n) is 6.42. The van der Waals surface area contributed by atoms with Crippen molar-refractivity contribution < 1.29 is 9.59 Å². The number of rotatable bonds is 5. The predicted molar refractivity (Wildman–Crippen MR) is 159 cm³/mol. The van der Waals surface area contributed by atoms with E-state index in [2.05, 4.69) is 29.2 Å². The first-order valence-corrected chi connectivity index (χ1v) is 13.4. The molecule has 0 radical (unpaired) electrons. The molecule has 192 valence electrons. The third kappa shape index (κ3) is 3.29. The van der Waals surface area contributed by atoms with E-state index in [0.717, 1.165) is 50.3 Å². The van der Waals surface area contributed by atoms with E-state index in [1.165, 1.54) is 0 Å². The maximum Gasteiger partial charge on any atom is 0.162 e. The van der Waals surface area contributed by atoms with Gasteiger partial charge in [0.15, 0.2) is 11.6 Å². The predicted octanol–water partition coefficient (Wildman–Crippen LogP) is 7.65. The van der Waals surface area contributed by atoms with Crippen LogP contribution in [0.15, 0.2) is 126 Å². The van der Waals surface area contributed by atoms with Crippen LogP contribution in [0.2, 0.25) is 0 Å². The molecule has 1 unspecified atom stereocenters. The minimum atomic E-state index is -0.968. The number of H-pyrrole nitrogens is 1. The molecule has 2 aliphatic rings. The zero-order chi connectivity index (χ0) is 27.4. The number of hydrogen-bond acceptors (Lipinski definition) is 3. The minimum absolute atomic E-state index is 0.0365. The number of benzene rings is 4. The second-order valence-electron chi connectivity index (χ2n) is 10.3. The Kier molecular flexibility index (Phi) is 5.39. The highest BCUT2D eigenvalue weighted by Gasteiger charge is 2.52.